The molecule has 2 aromatic rings. The highest BCUT2D eigenvalue weighted by Crippen LogP contribution is 2.15. The van der Waals surface area contributed by atoms with Crippen LogP contribution in [0.5, 0.6) is 0 Å². The molecular weight excluding hydrogens is 316 g/mol. The quantitative estimate of drug-likeness (QED) is 0.817. The van der Waals surface area contributed by atoms with Crippen molar-refractivity contribution in [1.29, 1.82) is 0 Å². The van der Waals surface area contributed by atoms with E-state index in [1.54, 1.807) is 18.5 Å². The Morgan fingerprint density at radius 1 is 1.36 bits per heavy atom. The Kier molecular flexibility index (Phi) is 5.81. The summed E-state index contributed by atoms with van der Waals surface area (Å²) in [5.74, 6) is 1.02. The van der Waals surface area contributed by atoms with Crippen molar-refractivity contribution < 1.29 is 9.32 Å². The van der Waals surface area contributed by atoms with Crippen LogP contribution in [-0.2, 0) is 6.42 Å². The van der Waals surface area contributed by atoms with Crippen molar-refractivity contribution in [2.75, 3.05) is 19.6 Å². The molecule has 25 heavy (non-hydrogen) atoms. The molecule has 3 rings (SSSR count). The van der Waals surface area contributed by atoms with Crippen molar-refractivity contribution in [2.24, 2.45) is 0 Å². The van der Waals surface area contributed by atoms with Crippen LogP contribution >= 0.6 is 0 Å². The summed E-state index contributed by atoms with van der Waals surface area (Å²) in [4.78, 5) is 18.4. The van der Waals surface area contributed by atoms with E-state index in [1.807, 2.05) is 24.8 Å². The van der Waals surface area contributed by atoms with Gasteiger partial charge in [0, 0.05) is 37.1 Å². The number of carbonyl (C=O) groups excluding carboxylic acids is 1. The number of nitrogens with one attached hydrogen (secondary N) is 1. The predicted molar refractivity (Wildman–Crippen MR) is 95.5 cm³/mol. The SMILES string of the molecule is Cc1noc(C)c1CCCNC1CCN(C(=O)c2cccnc2)CC1. The summed E-state index contributed by atoms with van der Waals surface area (Å²) in [5.41, 5.74) is 2.91. The van der Waals surface area contributed by atoms with E-state index in [4.69, 9.17) is 4.52 Å². The first-order valence-electron chi connectivity index (χ1n) is 8.99. The van der Waals surface area contributed by atoms with E-state index in [0.717, 1.165) is 56.8 Å². The Morgan fingerprint density at radius 2 is 2.16 bits per heavy atom. The number of carbonyl (C=O) groups is 1. The summed E-state index contributed by atoms with van der Waals surface area (Å²) >= 11 is 0. The number of rotatable bonds is 6. The van der Waals surface area contributed by atoms with Gasteiger partial charge in [-0.3, -0.25) is 9.78 Å². The molecule has 2 aromatic heterocycles. The molecule has 0 aliphatic carbocycles. The lowest BCUT2D eigenvalue weighted by atomic mass is 10.0. The van der Waals surface area contributed by atoms with Crippen molar-refractivity contribution >= 4 is 5.91 Å². The molecule has 134 valence electrons. The fourth-order valence-corrected chi connectivity index (χ4v) is 3.39. The van der Waals surface area contributed by atoms with E-state index in [9.17, 15) is 4.79 Å². The van der Waals surface area contributed by atoms with Crippen molar-refractivity contribution in [3.05, 3.63) is 47.1 Å². The van der Waals surface area contributed by atoms with Crippen molar-refractivity contribution in [3.63, 3.8) is 0 Å². The summed E-state index contributed by atoms with van der Waals surface area (Å²) in [6.45, 7) is 6.54. The van der Waals surface area contributed by atoms with Gasteiger partial charge in [-0.1, -0.05) is 5.16 Å². The van der Waals surface area contributed by atoms with Crippen LogP contribution in [0.3, 0.4) is 0 Å². The zero-order chi connectivity index (χ0) is 17.6. The number of hydrogen-bond donors (Lipinski definition) is 1. The molecule has 0 saturated carbocycles. The van der Waals surface area contributed by atoms with Crippen LogP contribution in [0.4, 0.5) is 0 Å². The topological polar surface area (TPSA) is 71.3 Å². The maximum absolute atomic E-state index is 12.4. The minimum atomic E-state index is 0.0879. The number of pyridine rings is 1. The molecule has 0 radical (unpaired) electrons. The van der Waals surface area contributed by atoms with Gasteiger partial charge < -0.3 is 14.7 Å². The Balaban J connectivity index is 1.37. The lowest BCUT2D eigenvalue weighted by Crippen LogP contribution is -2.45. The average molecular weight is 342 g/mol. The summed E-state index contributed by atoms with van der Waals surface area (Å²) in [6.07, 6.45) is 7.38. The second kappa shape index (κ2) is 8.25. The predicted octanol–water partition coefficient (Wildman–Crippen LogP) is 2.51. The van der Waals surface area contributed by atoms with Crippen LogP contribution in [0.1, 0.15) is 46.6 Å². The Labute approximate surface area is 148 Å². The van der Waals surface area contributed by atoms with Gasteiger partial charge >= 0.3 is 0 Å². The van der Waals surface area contributed by atoms with Gasteiger partial charge in [-0.15, -0.1) is 0 Å². The van der Waals surface area contributed by atoms with Crippen LogP contribution in [0.2, 0.25) is 0 Å². The Hall–Kier alpha value is -2.21. The molecule has 6 heteroatoms. The standard InChI is InChI=1S/C19H26N4O2/c1-14-18(15(2)25-22-14)6-4-10-21-17-7-11-23(12-8-17)19(24)16-5-3-9-20-13-16/h3,5,9,13,17,21H,4,6-8,10-12H2,1-2H3. The fraction of sp³-hybridized carbons (Fsp3) is 0.526. The van der Waals surface area contributed by atoms with Gasteiger partial charge in [-0.2, -0.15) is 0 Å². The van der Waals surface area contributed by atoms with Crippen LogP contribution < -0.4 is 5.32 Å². The fourth-order valence-electron chi connectivity index (χ4n) is 3.39. The molecule has 0 spiro atoms. The lowest BCUT2D eigenvalue weighted by Gasteiger charge is -2.32. The summed E-state index contributed by atoms with van der Waals surface area (Å²) in [6, 6.07) is 4.12. The lowest BCUT2D eigenvalue weighted by molar-refractivity contribution is 0.0705. The van der Waals surface area contributed by atoms with Crippen LogP contribution in [0.25, 0.3) is 0 Å². The van der Waals surface area contributed by atoms with E-state index in [2.05, 4.69) is 15.5 Å². The third-order valence-corrected chi connectivity index (χ3v) is 4.91. The molecule has 1 amide bonds. The Morgan fingerprint density at radius 3 is 2.80 bits per heavy atom. The van der Waals surface area contributed by atoms with Crippen molar-refractivity contribution in [1.82, 2.24) is 20.4 Å². The van der Waals surface area contributed by atoms with Gasteiger partial charge in [0.25, 0.3) is 5.91 Å². The molecule has 1 N–H and O–H groups in total. The molecule has 0 aromatic carbocycles. The van der Waals surface area contributed by atoms with Gasteiger partial charge in [-0.05, 0) is 58.2 Å². The second-order valence-electron chi connectivity index (χ2n) is 6.67. The number of aromatic nitrogens is 2. The average Bonchev–Trinajstić information content (AvgIpc) is 2.97. The number of likely N-dealkylation sites (tertiary alicyclic amines) is 1. The minimum Gasteiger partial charge on any atom is -0.361 e. The summed E-state index contributed by atoms with van der Waals surface area (Å²) in [5, 5.41) is 7.62. The number of hydrogen-bond acceptors (Lipinski definition) is 5. The van der Waals surface area contributed by atoms with Crippen LogP contribution in [0.15, 0.2) is 29.0 Å². The van der Waals surface area contributed by atoms with Gasteiger partial charge in [-0.25, -0.2) is 0 Å². The molecule has 0 unspecified atom stereocenters. The van der Waals surface area contributed by atoms with Gasteiger partial charge in [0.05, 0.1) is 11.3 Å². The first kappa shape index (κ1) is 17.6. The molecule has 1 aliphatic rings. The maximum Gasteiger partial charge on any atom is 0.255 e. The third kappa shape index (κ3) is 4.45. The van der Waals surface area contributed by atoms with Gasteiger partial charge in [0.1, 0.15) is 5.76 Å². The van der Waals surface area contributed by atoms with Crippen molar-refractivity contribution in [3.8, 4) is 0 Å². The number of amides is 1. The monoisotopic (exact) mass is 342 g/mol. The van der Waals surface area contributed by atoms with E-state index >= 15 is 0 Å². The second-order valence-corrected chi connectivity index (χ2v) is 6.67. The van der Waals surface area contributed by atoms with E-state index in [1.165, 1.54) is 5.56 Å². The molecule has 1 fully saturated rings. The van der Waals surface area contributed by atoms with E-state index < -0.39 is 0 Å². The molecule has 0 bridgehead atoms. The third-order valence-electron chi connectivity index (χ3n) is 4.91. The molecule has 1 saturated heterocycles. The first-order chi connectivity index (χ1) is 12.1. The maximum atomic E-state index is 12.4. The van der Waals surface area contributed by atoms with Gasteiger partial charge in [0.2, 0.25) is 0 Å². The molecule has 0 atom stereocenters. The number of aryl methyl sites for hydroxylation is 2. The van der Waals surface area contributed by atoms with E-state index in [0.29, 0.717) is 11.6 Å². The molecule has 3 heterocycles. The zero-order valence-corrected chi connectivity index (χ0v) is 15.0. The van der Waals surface area contributed by atoms with Gasteiger partial charge in [0.15, 0.2) is 0 Å². The number of nitrogens with zero attached hydrogens (tertiary/aromatic N) is 3. The summed E-state index contributed by atoms with van der Waals surface area (Å²) < 4.78 is 5.20. The highest BCUT2D eigenvalue weighted by Gasteiger charge is 2.23. The highest BCUT2D eigenvalue weighted by atomic mass is 16.5. The van der Waals surface area contributed by atoms with Crippen LogP contribution in [-0.4, -0.2) is 46.6 Å². The molecule has 1 aliphatic heterocycles. The number of piperidine rings is 1. The zero-order valence-electron chi connectivity index (χ0n) is 15.0. The molecule has 6 nitrogen and oxygen atoms in total. The van der Waals surface area contributed by atoms with Crippen LogP contribution in [0, 0.1) is 13.8 Å². The van der Waals surface area contributed by atoms with E-state index in [-0.39, 0.29) is 5.91 Å². The Bertz CT molecular complexity index is 671. The van der Waals surface area contributed by atoms with Crippen molar-refractivity contribution in [2.45, 2.75) is 45.6 Å². The minimum absolute atomic E-state index is 0.0879. The normalized spacial score (nSPS) is 15.5. The smallest absolute Gasteiger partial charge is 0.255 e. The molecular formula is C19H26N4O2. The largest absolute Gasteiger partial charge is 0.361 e. The summed E-state index contributed by atoms with van der Waals surface area (Å²) in [7, 11) is 0. The first-order valence-corrected chi connectivity index (χ1v) is 8.99. The highest BCUT2D eigenvalue weighted by molar-refractivity contribution is 5.93.